The van der Waals surface area contributed by atoms with Crippen LogP contribution in [0.2, 0.25) is 0 Å². The molecule has 2 N–H and O–H groups in total. The minimum absolute atomic E-state index is 0.131. The molecule has 0 aromatic heterocycles. The lowest BCUT2D eigenvalue weighted by Gasteiger charge is -2.37. The SMILES string of the molecule is CC(C)(C)OC(=O)N1C[C@@H](O)C[C@@](F)(C(=O)O)C1. The van der Waals surface area contributed by atoms with Crippen molar-refractivity contribution in [2.45, 2.75) is 44.6 Å². The molecule has 7 heteroatoms. The van der Waals surface area contributed by atoms with Gasteiger partial charge in [-0.15, -0.1) is 0 Å². The molecule has 0 unspecified atom stereocenters. The van der Waals surface area contributed by atoms with Gasteiger partial charge in [0.2, 0.25) is 5.67 Å². The standard InChI is InChI=1S/C11H18FNO5/c1-10(2,3)18-9(17)13-5-7(14)4-11(12,6-13)8(15)16/h7,14H,4-6H2,1-3H3,(H,15,16)/t7-,11-/m0/s1. The number of alkyl halides is 1. The number of hydrogen-bond donors (Lipinski definition) is 2. The molecule has 1 aliphatic heterocycles. The number of halogens is 1. The van der Waals surface area contributed by atoms with Crippen molar-refractivity contribution in [1.29, 1.82) is 0 Å². The summed E-state index contributed by atoms with van der Waals surface area (Å²) in [6.07, 6.45) is -2.57. The van der Waals surface area contributed by atoms with Crippen LogP contribution < -0.4 is 0 Å². The zero-order valence-electron chi connectivity index (χ0n) is 10.6. The van der Waals surface area contributed by atoms with Gasteiger partial charge in [-0.25, -0.2) is 14.0 Å². The number of nitrogens with zero attached hydrogens (tertiary/aromatic N) is 1. The molecule has 0 aliphatic carbocycles. The molecule has 0 saturated carbocycles. The first-order chi connectivity index (χ1) is 8.03. The molecule has 1 heterocycles. The Balaban J connectivity index is 2.78. The summed E-state index contributed by atoms with van der Waals surface area (Å²) < 4.78 is 19.0. The van der Waals surface area contributed by atoms with Crippen LogP contribution >= 0.6 is 0 Å². The molecule has 18 heavy (non-hydrogen) atoms. The number of aliphatic hydroxyl groups is 1. The van der Waals surface area contributed by atoms with Crippen molar-refractivity contribution >= 4 is 12.1 Å². The highest BCUT2D eigenvalue weighted by Crippen LogP contribution is 2.27. The fourth-order valence-corrected chi connectivity index (χ4v) is 1.74. The third kappa shape index (κ3) is 3.56. The number of carbonyl (C=O) groups excluding carboxylic acids is 1. The van der Waals surface area contributed by atoms with Gasteiger partial charge in [-0.3, -0.25) is 0 Å². The summed E-state index contributed by atoms with van der Waals surface area (Å²) in [6.45, 7) is 4.18. The van der Waals surface area contributed by atoms with Gasteiger partial charge in [0, 0.05) is 6.42 Å². The smallest absolute Gasteiger partial charge is 0.410 e. The fraction of sp³-hybridized carbons (Fsp3) is 0.818. The van der Waals surface area contributed by atoms with E-state index in [0.29, 0.717) is 0 Å². The highest BCUT2D eigenvalue weighted by molar-refractivity contribution is 5.79. The minimum Gasteiger partial charge on any atom is -0.479 e. The van der Waals surface area contributed by atoms with Gasteiger partial charge in [0.1, 0.15) is 5.60 Å². The van der Waals surface area contributed by atoms with Crippen molar-refractivity contribution in [2.24, 2.45) is 0 Å². The summed E-state index contributed by atoms with van der Waals surface area (Å²) in [7, 11) is 0. The average molecular weight is 263 g/mol. The summed E-state index contributed by atoms with van der Waals surface area (Å²) in [4.78, 5) is 23.4. The second-order valence-electron chi connectivity index (χ2n) is 5.49. The number of rotatable bonds is 1. The largest absolute Gasteiger partial charge is 0.479 e. The van der Waals surface area contributed by atoms with Crippen LogP contribution in [0.15, 0.2) is 0 Å². The lowest BCUT2D eigenvalue weighted by atomic mass is 9.93. The predicted octanol–water partition coefficient (Wildman–Crippen LogP) is 0.781. The van der Waals surface area contributed by atoms with Gasteiger partial charge < -0.3 is 19.8 Å². The molecule has 0 bridgehead atoms. The van der Waals surface area contributed by atoms with Gasteiger partial charge in [0.25, 0.3) is 0 Å². The number of hydrogen-bond acceptors (Lipinski definition) is 4. The van der Waals surface area contributed by atoms with E-state index in [1.165, 1.54) is 0 Å². The molecule has 1 amide bonds. The molecule has 0 spiro atoms. The van der Waals surface area contributed by atoms with Crippen LogP contribution in [0.1, 0.15) is 27.2 Å². The van der Waals surface area contributed by atoms with E-state index in [2.05, 4.69) is 0 Å². The number of β-amino-alcohol motifs (C(OH)–C–C–N with tert-alkyl or cyclic N) is 1. The van der Waals surface area contributed by atoms with E-state index in [1.54, 1.807) is 20.8 Å². The molecule has 1 rings (SSSR count). The number of amides is 1. The van der Waals surface area contributed by atoms with Crippen molar-refractivity contribution in [1.82, 2.24) is 4.90 Å². The van der Waals surface area contributed by atoms with Crippen LogP contribution in [0, 0.1) is 0 Å². The lowest BCUT2D eigenvalue weighted by molar-refractivity contribution is -0.158. The predicted molar refractivity (Wildman–Crippen MR) is 59.9 cm³/mol. The van der Waals surface area contributed by atoms with Crippen molar-refractivity contribution < 1.29 is 28.9 Å². The Hall–Kier alpha value is -1.37. The van der Waals surface area contributed by atoms with Crippen LogP contribution in [0.5, 0.6) is 0 Å². The van der Waals surface area contributed by atoms with E-state index in [1.807, 2.05) is 0 Å². The topological polar surface area (TPSA) is 87.1 Å². The average Bonchev–Trinajstić information content (AvgIpc) is 2.13. The van der Waals surface area contributed by atoms with Gasteiger partial charge in [-0.05, 0) is 20.8 Å². The summed E-state index contributed by atoms with van der Waals surface area (Å²) in [5.41, 5.74) is -3.39. The summed E-state index contributed by atoms with van der Waals surface area (Å²) in [6, 6.07) is 0. The first-order valence-corrected chi connectivity index (χ1v) is 5.62. The van der Waals surface area contributed by atoms with E-state index in [9.17, 15) is 19.1 Å². The first-order valence-electron chi connectivity index (χ1n) is 5.62. The number of aliphatic hydroxyl groups excluding tert-OH is 1. The van der Waals surface area contributed by atoms with Gasteiger partial charge in [-0.2, -0.15) is 0 Å². The first kappa shape index (κ1) is 14.7. The Bertz CT molecular complexity index is 354. The monoisotopic (exact) mass is 263 g/mol. The molecule has 1 fully saturated rings. The number of piperidine rings is 1. The molecule has 0 aromatic carbocycles. The summed E-state index contributed by atoms with van der Waals surface area (Å²) >= 11 is 0. The van der Waals surface area contributed by atoms with Crippen molar-refractivity contribution in [2.75, 3.05) is 13.1 Å². The van der Waals surface area contributed by atoms with E-state index < -0.39 is 42.4 Å². The third-order valence-electron chi connectivity index (χ3n) is 2.47. The molecule has 1 aliphatic rings. The number of carboxylic acid groups (broad SMARTS) is 1. The zero-order valence-corrected chi connectivity index (χ0v) is 10.6. The van der Waals surface area contributed by atoms with Crippen LogP contribution in [0.3, 0.4) is 0 Å². The molecule has 0 aromatic rings. The van der Waals surface area contributed by atoms with Gasteiger partial charge in [-0.1, -0.05) is 0 Å². The number of carboxylic acids is 1. The maximum absolute atomic E-state index is 14.0. The number of carbonyl (C=O) groups is 2. The van der Waals surface area contributed by atoms with Crippen LogP contribution in [-0.2, 0) is 9.53 Å². The van der Waals surface area contributed by atoms with Crippen molar-refractivity contribution in [3.63, 3.8) is 0 Å². The molecular weight excluding hydrogens is 245 g/mol. The molecule has 2 atom stereocenters. The van der Waals surface area contributed by atoms with Crippen molar-refractivity contribution in [3.05, 3.63) is 0 Å². The highest BCUT2D eigenvalue weighted by Gasteiger charge is 2.48. The Labute approximate surface area is 104 Å². The van der Waals surface area contributed by atoms with E-state index >= 15 is 0 Å². The maximum Gasteiger partial charge on any atom is 0.410 e. The third-order valence-corrected chi connectivity index (χ3v) is 2.47. The second-order valence-corrected chi connectivity index (χ2v) is 5.49. The molecular formula is C11H18FNO5. The maximum atomic E-state index is 14.0. The van der Waals surface area contributed by atoms with E-state index in [4.69, 9.17) is 9.84 Å². The quantitative estimate of drug-likeness (QED) is 0.730. The normalized spacial score (nSPS) is 28.9. The molecule has 104 valence electrons. The zero-order chi connectivity index (χ0) is 14.1. The van der Waals surface area contributed by atoms with Gasteiger partial charge >= 0.3 is 12.1 Å². The van der Waals surface area contributed by atoms with E-state index in [-0.39, 0.29) is 6.54 Å². The summed E-state index contributed by atoms with van der Waals surface area (Å²) in [5.74, 6) is -1.69. The second kappa shape index (κ2) is 4.72. The Morgan fingerprint density at radius 3 is 2.44 bits per heavy atom. The van der Waals surface area contributed by atoms with Crippen LogP contribution in [-0.4, -0.2) is 57.6 Å². The molecule has 1 saturated heterocycles. The van der Waals surface area contributed by atoms with Gasteiger partial charge in [0.05, 0.1) is 19.2 Å². The summed E-state index contributed by atoms with van der Waals surface area (Å²) in [5, 5.41) is 18.2. The lowest BCUT2D eigenvalue weighted by Crippen LogP contribution is -2.57. The Morgan fingerprint density at radius 2 is 2.00 bits per heavy atom. The van der Waals surface area contributed by atoms with E-state index in [0.717, 1.165) is 4.90 Å². The number of likely N-dealkylation sites (tertiary alicyclic amines) is 1. The Kier molecular flexibility index (Phi) is 3.85. The fourth-order valence-electron chi connectivity index (χ4n) is 1.74. The van der Waals surface area contributed by atoms with Gasteiger partial charge in [0.15, 0.2) is 0 Å². The van der Waals surface area contributed by atoms with Crippen LogP contribution in [0.4, 0.5) is 9.18 Å². The van der Waals surface area contributed by atoms with Crippen molar-refractivity contribution in [3.8, 4) is 0 Å². The number of ether oxygens (including phenoxy) is 1. The Morgan fingerprint density at radius 1 is 1.44 bits per heavy atom. The number of aliphatic carboxylic acids is 1. The molecule has 0 radical (unpaired) electrons. The minimum atomic E-state index is -2.63. The molecule has 6 nitrogen and oxygen atoms in total. The van der Waals surface area contributed by atoms with Crippen LogP contribution in [0.25, 0.3) is 0 Å². The highest BCUT2D eigenvalue weighted by atomic mass is 19.1.